The van der Waals surface area contributed by atoms with Crippen molar-refractivity contribution in [2.75, 3.05) is 7.05 Å². The third-order valence-corrected chi connectivity index (χ3v) is 3.48. The monoisotopic (exact) mass is 301 g/mol. The number of para-hydroxylation sites is 1. The van der Waals surface area contributed by atoms with Crippen LogP contribution in [-0.2, 0) is 6.54 Å². The molecule has 0 aliphatic carbocycles. The molecule has 1 heterocycles. The maximum atomic E-state index is 13.7. The van der Waals surface area contributed by atoms with Crippen LogP contribution in [0.3, 0.4) is 0 Å². The number of nitrogens with one attached hydrogen (secondary N) is 1. The first kappa shape index (κ1) is 14.2. The fraction of sp³-hybridized carbons (Fsp3) is 0.125. The van der Waals surface area contributed by atoms with Crippen molar-refractivity contribution in [3.63, 3.8) is 0 Å². The van der Waals surface area contributed by atoms with Crippen LogP contribution in [0.5, 0.6) is 0 Å². The van der Waals surface area contributed by atoms with Gasteiger partial charge in [0.05, 0.1) is 17.3 Å². The fourth-order valence-electron chi connectivity index (χ4n) is 2.33. The highest BCUT2D eigenvalue weighted by molar-refractivity contribution is 6.05. The molecule has 1 N–H and O–H groups in total. The molecule has 0 radical (unpaired) electrons. The molecule has 1 amide bonds. The molecule has 4 nitrogen and oxygen atoms in total. The van der Waals surface area contributed by atoms with Crippen LogP contribution in [0.15, 0.2) is 42.6 Å². The van der Waals surface area contributed by atoms with Crippen LogP contribution < -0.4 is 0 Å². The summed E-state index contributed by atoms with van der Waals surface area (Å²) in [7, 11) is 1.57. The second-order valence-electron chi connectivity index (χ2n) is 5.04. The number of rotatable bonds is 3. The van der Waals surface area contributed by atoms with Crippen LogP contribution in [-0.4, -0.2) is 28.1 Å². The topological polar surface area (TPSA) is 49.0 Å². The van der Waals surface area contributed by atoms with Crippen molar-refractivity contribution in [2.24, 2.45) is 0 Å². The summed E-state index contributed by atoms with van der Waals surface area (Å²) in [5.41, 5.74) is 1.35. The second-order valence-corrected chi connectivity index (χ2v) is 5.04. The van der Waals surface area contributed by atoms with E-state index in [0.717, 1.165) is 11.5 Å². The molecule has 0 aliphatic heterocycles. The quantitative estimate of drug-likeness (QED) is 0.808. The minimum Gasteiger partial charge on any atom is -0.337 e. The predicted molar refractivity (Wildman–Crippen MR) is 78.2 cm³/mol. The number of aromatic amines is 1. The number of nitrogens with zero attached hydrogens (tertiary/aromatic N) is 2. The highest BCUT2D eigenvalue weighted by Crippen LogP contribution is 2.19. The van der Waals surface area contributed by atoms with Gasteiger partial charge in [-0.05, 0) is 12.1 Å². The summed E-state index contributed by atoms with van der Waals surface area (Å²) < 4.78 is 26.6. The maximum Gasteiger partial charge on any atom is 0.256 e. The highest BCUT2D eigenvalue weighted by atomic mass is 19.1. The minimum atomic E-state index is -0.667. The zero-order chi connectivity index (χ0) is 15.7. The SMILES string of the molecule is CN(Cc1ccc(F)cc1F)C(=O)c1cccc2cn[nH]c12. The molecular weight excluding hydrogens is 288 g/mol. The third kappa shape index (κ3) is 2.55. The fourth-order valence-corrected chi connectivity index (χ4v) is 2.33. The molecule has 0 spiro atoms. The Bertz CT molecular complexity index is 844. The van der Waals surface area contributed by atoms with Crippen LogP contribution >= 0.6 is 0 Å². The summed E-state index contributed by atoms with van der Waals surface area (Å²) in [5.74, 6) is -1.57. The van der Waals surface area contributed by atoms with Gasteiger partial charge in [0.1, 0.15) is 11.6 Å². The van der Waals surface area contributed by atoms with E-state index in [0.29, 0.717) is 11.1 Å². The number of carbonyl (C=O) groups excluding carboxylic acids is 1. The van der Waals surface area contributed by atoms with Crippen molar-refractivity contribution >= 4 is 16.8 Å². The van der Waals surface area contributed by atoms with E-state index in [1.165, 1.54) is 17.0 Å². The normalized spacial score (nSPS) is 10.9. The number of amides is 1. The summed E-state index contributed by atoms with van der Waals surface area (Å²) in [4.78, 5) is 13.9. The standard InChI is InChI=1S/C16H13F2N3O/c1-21(9-11-5-6-12(17)7-14(11)18)16(22)13-4-2-3-10-8-19-20-15(10)13/h2-8H,9H2,1H3,(H,19,20). The lowest BCUT2D eigenvalue weighted by molar-refractivity contribution is 0.0785. The number of fused-ring (bicyclic) bond motifs is 1. The second kappa shape index (κ2) is 5.55. The first-order valence-electron chi connectivity index (χ1n) is 6.68. The van der Waals surface area contributed by atoms with E-state index in [1.54, 1.807) is 25.4 Å². The summed E-state index contributed by atoms with van der Waals surface area (Å²) in [6, 6.07) is 8.61. The Morgan fingerprint density at radius 3 is 2.86 bits per heavy atom. The highest BCUT2D eigenvalue weighted by Gasteiger charge is 2.17. The van der Waals surface area contributed by atoms with E-state index in [1.807, 2.05) is 6.07 Å². The van der Waals surface area contributed by atoms with Gasteiger partial charge in [0.25, 0.3) is 5.91 Å². The van der Waals surface area contributed by atoms with Crippen molar-refractivity contribution in [3.8, 4) is 0 Å². The number of H-pyrrole nitrogens is 1. The minimum absolute atomic E-state index is 0.0511. The van der Waals surface area contributed by atoms with Gasteiger partial charge in [-0.15, -0.1) is 0 Å². The van der Waals surface area contributed by atoms with Crippen LogP contribution in [0.4, 0.5) is 8.78 Å². The lowest BCUT2D eigenvalue weighted by atomic mass is 10.1. The molecule has 0 aliphatic rings. The predicted octanol–water partition coefficient (Wildman–Crippen LogP) is 3.11. The Kier molecular flexibility index (Phi) is 3.58. The molecule has 6 heteroatoms. The smallest absolute Gasteiger partial charge is 0.256 e. The number of carbonyl (C=O) groups is 1. The van der Waals surface area contributed by atoms with Gasteiger partial charge in [0.2, 0.25) is 0 Å². The van der Waals surface area contributed by atoms with Gasteiger partial charge in [-0.1, -0.05) is 18.2 Å². The molecule has 0 unspecified atom stereocenters. The molecule has 0 fully saturated rings. The largest absolute Gasteiger partial charge is 0.337 e. The molecule has 0 saturated carbocycles. The van der Waals surface area contributed by atoms with Crippen molar-refractivity contribution in [3.05, 3.63) is 65.4 Å². The Balaban J connectivity index is 1.87. The van der Waals surface area contributed by atoms with Gasteiger partial charge in [-0.2, -0.15) is 5.10 Å². The van der Waals surface area contributed by atoms with Gasteiger partial charge < -0.3 is 4.90 Å². The summed E-state index contributed by atoms with van der Waals surface area (Å²) in [5, 5.41) is 7.53. The zero-order valence-electron chi connectivity index (χ0n) is 11.8. The van der Waals surface area contributed by atoms with Crippen molar-refractivity contribution in [1.82, 2.24) is 15.1 Å². The Morgan fingerprint density at radius 2 is 2.09 bits per heavy atom. The van der Waals surface area contributed by atoms with Gasteiger partial charge in [-0.25, -0.2) is 8.78 Å². The van der Waals surface area contributed by atoms with E-state index in [2.05, 4.69) is 10.2 Å². The van der Waals surface area contributed by atoms with Crippen molar-refractivity contribution < 1.29 is 13.6 Å². The lowest BCUT2D eigenvalue weighted by Gasteiger charge is -2.18. The van der Waals surface area contributed by atoms with Gasteiger partial charge in [-0.3, -0.25) is 9.89 Å². The molecule has 2 aromatic carbocycles. The average molecular weight is 301 g/mol. The molecule has 0 atom stereocenters. The number of aromatic nitrogens is 2. The lowest BCUT2D eigenvalue weighted by Crippen LogP contribution is -2.26. The Morgan fingerprint density at radius 1 is 1.27 bits per heavy atom. The Labute approximate surface area is 125 Å². The summed E-state index contributed by atoms with van der Waals surface area (Å²) in [6.07, 6.45) is 1.63. The number of benzene rings is 2. The maximum absolute atomic E-state index is 13.7. The molecule has 3 aromatic rings. The van der Waals surface area contributed by atoms with Crippen LogP contribution in [0.25, 0.3) is 10.9 Å². The van der Waals surface area contributed by atoms with Gasteiger partial charge >= 0.3 is 0 Å². The molecule has 22 heavy (non-hydrogen) atoms. The van der Waals surface area contributed by atoms with E-state index in [9.17, 15) is 13.6 Å². The Hall–Kier alpha value is -2.76. The number of halogens is 2. The molecule has 0 saturated heterocycles. The van der Waals surface area contributed by atoms with Crippen LogP contribution in [0, 0.1) is 11.6 Å². The van der Waals surface area contributed by atoms with E-state index < -0.39 is 11.6 Å². The van der Waals surface area contributed by atoms with Crippen molar-refractivity contribution in [2.45, 2.75) is 6.54 Å². The zero-order valence-corrected chi connectivity index (χ0v) is 11.8. The van der Waals surface area contributed by atoms with E-state index in [4.69, 9.17) is 0 Å². The first-order valence-corrected chi connectivity index (χ1v) is 6.68. The van der Waals surface area contributed by atoms with Gasteiger partial charge in [0.15, 0.2) is 0 Å². The summed E-state index contributed by atoms with van der Waals surface area (Å²) >= 11 is 0. The number of hydrogen-bond acceptors (Lipinski definition) is 2. The van der Waals surface area contributed by atoms with Crippen LogP contribution in [0.1, 0.15) is 15.9 Å². The number of hydrogen-bond donors (Lipinski definition) is 1. The average Bonchev–Trinajstić information content (AvgIpc) is 2.97. The van der Waals surface area contributed by atoms with E-state index in [-0.39, 0.29) is 18.0 Å². The van der Waals surface area contributed by atoms with Crippen LogP contribution in [0.2, 0.25) is 0 Å². The molecule has 3 rings (SSSR count). The molecule has 112 valence electrons. The first-order chi connectivity index (χ1) is 10.6. The molecular formula is C16H13F2N3O. The molecule has 1 aromatic heterocycles. The molecule has 0 bridgehead atoms. The third-order valence-electron chi connectivity index (χ3n) is 3.48. The van der Waals surface area contributed by atoms with Crippen molar-refractivity contribution in [1.29, 1.82) is 0 Å². The van der Waals surface area contributed by atoms with E-state index >= 15 is 0 Å². The summed E-state index contributed by atoms with van der Waals surface area (Å²) in [6.45, 7) is 0.0511. The van der Waals surface area contributed by atoms with Gasteiger partial charge in [0, 0.05) is 30.6 Å².